The maximum atomic E-state index is 9.54. The van der Waals surface area contributed by atoms with Gasteiger partial charge in [-0.2, -0.15) is 0 Å². The number of unbranched alkanes of at least 4 members (excludes halogenated alkanes) is 6. The standard InChI is InChI=1S/C23H30O2/c1-2-3-4-5-6-7-8-9-10-23(19-11-15-21(24)16-12-19)20-13-17-22(25)18-14-20/h2,11-18,23-25H,1,3-10H2. The topological polar surface area (TPSA) is 40.5 Å². The van der Waals surface area contributed by atoms with Crippen LogP contribution in [-0.2, 0) is 0 Å². The Hall–Kier alpha value is -2.22. The van der Waals surface area contributed by atoms with Gasteiger partial charge in [-0.1, -0.05) is 62.4 Å². The third-order valence-corrected chi connectivity index (χ3v) is 4.74. The molecular formula is C23H30O2. The Labute approximate surface area is 151 Å². The predicted molar refractivity (Wildman–Crippen MR) is 105 cm³/mol. The van der Waals surface area contributed by atoms with Gasteiger partial charge >= 0.3 is 0 Å². The largest absolute Gasteiger partial charge is 0.508 e. The van der Waals surface area contributed by atoms with Gasteiger partial charge in [-0.05, 0) is 54.7 Å². The van der Waals surface area contributed by atoms with E-state index in [1.54, 1.807) is 24.3 Å². The average molecular weight is 338 g/mol. The molecule has 0 aliphatic rings. The summed E-state index contributed by atoms with van der Waals surface area (Å²) in [5.41, 5.74) is 2.43. The van der Waals surface area contributed by atoms with Crippen LogP contribution in [0.1, 0.15) is 68.4 Å². The zero-order valence-corrected chi connectivity index (χ0v) is 15.0. The van der Waals surface area contributed by atoms with E-state index in [-0.39, 0.29) is 0 Å². The Bertz CT molecular complexity index is 568. The minimum absolute atomic E-state index is 0.299. The molecule has 0 fully saturated rings. The number of hydrogen-bond donors (Lipinski definition) is 2. The van der Waals surface area contributed by atoms with Gasteiger partial charge in [0.2, 0.25) is 0 Å². The van der Waals surface area contributed by atoms with Crippen LogP contribution in [0.15, 0.2) is 61.2 Å². The summed E-state index contributed by atoms with van der Waals surface area (Å²) in [5.74, 6) is 0.905. The molecule has 25 heavy (non-hydrogen) atoms. The predicted octanol–water partition coefficient (Wildman–Crippen LogP) is 6.54. The highest BCUT2D eigenvalue weighted by atomic mass is 16.3. The molecule has 0 aromatic heterocycles. The molecule has 0 aliphatic heterocycles. The lowest BCUT2D eigenvalue weighted by atomic mass is 9.86. The van der Waals surface area contributed by atoms with Gasteiger partial charge in [0.15, 0.2) is 0 Å². The lowest BCUT2D eigenvalue weighted by molar-refractivity contribution is 0.474. The first-order valence-corrected chi connectivity index (χ1v) is 9.39. The van der Waals surface area contributed by atoms with E-state index >= 15 is 0 Å². The van der Waals surface area contributed by atoms with Crippen molar-refractivity contribution in [1.82, 2.24) is 0 Å². The summed E-state index contributed by atoms with van der Waals surface area (Å²) in [4.78, 5) is 0. The molecule has 0 unspecified atom stereocenters. The van der Waals surface area contributed by atoms with Crippen LogP contribution in [0.3, 0.4) is 0 Å². The summed E-state index contributed by atoms with van der Waals surface area (Å²) < 4.78 is 0. The highest BCUT2D eigenvalue weighted by molar-refractivity contribution is 5.37. The average Bonchev–Trinajstić information content (AvgIpc) is 2.63. The lowest BCUT2D eigenvalue weighted by Gasteiger charge is -2.18. The van der Waals surface area contributed by atoms with Crippen molar-refractivity contribution in [3.05, 3.63) is 72.3 Å². The number of rotatable bonds is 11. The molecule has 0 saturated heterocycles. The van der Waals surface area contributed by atoms with E-state index in [1.165, 1.54) is 49.7 Å². The van der Waals surface area contributed by atoms with Crippen LogP contribution >= 0.6 is 0 Å². The van der Waals surface area contributed by atoms with Crippen molar-refractivity contribution in [2.75, 3.05) is 0 Å². The second-order valence-corrected chi connectivity index (χ2v) is 6.72. The van der Waals surface area contributed by atoms with Gasteiger partial charge < -0.3 is 10.2 Å². The normalized spacial score (nSPS) is 10.9. The summed E-state index contributed by atoms with van der Waals surface area (Å²) in [7, 11) is 0. The molecule has 0 amide bonds. The van der Waals surface area contributed by atoms with Gasteiger partial charge in [0, 0.05) is 5.92 Å². The van der Waals surface area contributed by atoms with Crippen LogP contribution in [0.5, 0.6) is 11.5 Å². The van der Waals surface area contributed by atoms with E-state index in [1.807, 2.05) is 30.3 Å². The third kappa shape index (κ3) is 6.66. The highest BCUT2D eigenvalue weighted by Gasteiger charge is 2.14. The molecule has 2 heteroatoms. The fourth-order valence-corrected chi connectivity index (χ4v) is 3.28. The smallest absolute Gasteiger partial charge is 0.115 e. The quantitative estimate of drug-likeness (QED) is 0.361. The molecule has 2 rings (SSSR count). The number of allylic oxidation sites excluding steroid dienone is 1. The zero-order chi connectivity index (χ0) is 17.9. The van der Waals surface area contributed by atoms with Crippen molar-refractivity contribution in [3.63, 3.8) is 0 Å². The fourth-order valence-electron chi connectivity index (χ4n) is 3.28. The van der Waals surface area contributed by atoms with Crippen molar-refractivity contribution < 1.29 is 10.2 Å². The molecule has 134 valence electrons. The molecule has 0 radical (unpaired) electrons. The Morgan fingerprint density at radius 2 is 1.12 bits per heavy atom. The number of hydrogen-bond acceptors (Lipinski definition) is 2. The summed E-state index contributed by atoms with van der Waals surface area (Å²) in [5, 5.41) is 19.1. The number of benzene rings is 2. The van der Waals surface area contributed by atoms with E-state index in [2.05, 4.69) is 6.58 Å². The summed E-state index contributed by atoms with van der Waals surface area (Å²) in [6, 6.07) is 15.0. The first kappa shape index (κ1) is 19.1. The number of phenolic OH excluding ortho intramolecular Hbond substituents is 2. The van der Waals surface area contributed by atoms with Gasteiger partial charge in [-0.15, -0.1) is 6.58 Å². The van der Waals surface area contributed by atoms with E-state index in [0.717, 1.165) is 12.8 Å². The van der Waals surface area contributed by atoms with Gasteiger partial charge in [-0.3, -0.25) is 0 Å². The Balaban J connectivity index is 1.90. The zero-order valence-electron chi connectivity index (χ0n) is 15.0. The van der Waals surface area contributed by atoms with E-state index in [9.17, 15) is 10.2 Å². The second-order valence-electron chi connectivity index (χ2n) is 6.72. The molecule has 2 aromatic carbocycles. The fraction of sp³-hybridized carbons (Fsp3) is 0.391. The van der Waals surface area contributed by atoms with Gasteiger partial charge in [0.1, 0.15) is 11.5 Å². The monoisotopic (exact) mass is 338 g/mol. The minimum atomic E-state index is 0.299. The number of phenols is 2. The van der Waals surface area contributed by atoms with Crippen LogP contribution in [-0.4, -0.2) is 10.2 Å². The Kier molecular flexibility index (Phi) is 8.11. The maximum absolute atomic E-state index is 9.54. The minimum Gasteiger partial charge on any atom is -0.508 e. The molecule has 2 aromatic rings. The van der Waals surface area contributed by atoms with Crippen LogP contribution in [0.4, 0.5) is 0 Å². The van der Waals surface area contributed by atoms with Crippen LogP contribution < -0.4 is 0 Å². The van der Waals surface area contributed by atoms with Crippen LogP contribution in [0.25, 0.3) is 0 Å². The van der Waals surface area contributed by atoms with Crippen molar-refractivity contribution in [1.29, 1.82) is 0 Å². The third-order valence-electron chi connectivity index (χ3n) is 4.74. The molecule has 0 aliphatic carbocycles. The van der Waals surface area contributed by atoms with Crippen molar-refractivity contribution in [3.8, 4) is 11.5 Å². The lowest BCUT2D eigenvalue weighted by Crippen LogP contribution is -2.01. The van der Waals surface area contributed by atoms with Gasteiger partial charge in [0.05, 0.1) is 0 Å². The van der Waals surface area contributed by atoms with Crippen molar-refractivity contribution in [2.24, 2.45) is 0 Å². The molecule has 0 spiro atoms. The SMILES string of the molecule is C=CCCCCCCCCC(c1ccc(O)cc1)c1ccc(O)cc1. The first-order valence-electron chi connectivity index (χ1n) is 9.39. The van der Waals surface area contributed by atoms with Crippen molar-refractivity contribution >= 4 is 0 Å². The second kappa shape index (κ2) is 10.6. The van der Waals surface area contributed by atoms with Crippen LogP contribution in [0, 0.1) is 0 Å². The molecule has 0 saturated carbocycles. The summed E-state index contributed by atoms with van der Waals surface area (Å²) >= 11 is 0. The first-order chi connectivity index (χ1) is 12.2. The van der Waals surface area contributed by atoms with E-state index < -0.39 is 0 Å². The highest BCUT2D eigenvalue weighted by Crippen LogP contribution is 2.32. The van der Waals surface area contributed by atoms with Crippen LogP contribution in [0.2, 0.25) is 0 Å². The molecule has 0 atom stereocenters. The van der Waals surface area contributed by atoms with E-state index in [0.29, 0.717) is 17.4 Å². The molecule has 2 nitrogen and oxygen atoms in total. The summed E-state index contributed by atoms with van der Waals surface area (Å²) in [6.07, 6.45) is 11.8. The molecule has 2 N–H and O–H groups in total. The molecular weight excluding hydrogens is 308 g/mol. The van der Waals surface area contributed by atoms with Gasteiger partial charge in [0.25, 0.3) is 0 Å². The molecule has 0 bridgehead atoms. The van der Waals surface area contributed by atoms with E-state index in [4.69, 9.17) is 0 Å². The van der Waals surface area contributed by atoms with Gasteiger partial charge in [-0.25, -0.2) is 0 Å². The number of aromatic hydroxyl groups is 2. The Morgan fingerprint density at radius 1 is 0.680 bits per heavy atom. The van der Waals surface area contributed by atoms with Crippen molar-refractivity contribution in [2.45, 2.75) is 57.3 Å². The Morgan fingerprint density at radius 3 is 1.60 bits per heavy atom. The summed E-state index contributed by atoms with van der Waals surface area (Å²) in [6.45, 7) is 3.76. The molecule has 0 heterocycles. The maximum Gasteiger partial charge on any atom is 0.115 e.